The molecule has 9 nitrogen and oxygen atoms in total. The van der Waals surface area contributed by atoms with E-state index in [0.717, 1.165) is 0 Å². The summed E-state index contributed by atoms with van der Waals surface area (Å²) < 4.78 is 38.0. The second kappa shape index (κ2) is 11.7. The summed E-state index contributed by atoms with van der Waals surface area (Å²) in [5.74, 6) is 0.228. The van der Waals surface area contributed by atoms with Gasteiger partial charge >= 0.3 is 0 Å². The van der Waals surface area contributed by atoms with Crippen LogP contribution in [0.15, 0.2) is 83.8 Å². The van der Waals surface area contributed by atoms with Crippen molar-refractivity contribution in [1.82, 2.24) is 10.9 Å². The minimum absolute atomic E-state index is 0.0672. The number of hydrazine groups is 1. The van der Waals surface area contributed by atoms with E-state index in [2.05, 4.69) is 15.6 Å². The van der Waals surface area contributed by atoms with Gasteiger partial charge in [0.25, 0.3) is 21.8 Å². The van der Waals surface area contributed by atoms with Gasteiger partial charge in [-0.25, -0.2) is 8.42 Å². The van der Waals surface area contributed by atoms with Crippen molar-refractivity contribution in [3.8, 4) is 11.5 Å². The van der Waals surface area contributed by atoms with Crippen molar-refractivity contribution in [3.63, 3.8) is 0 Å². The third-order valence-electron chi connectivity index (χ3n) is 4.69. The van der Waals surface area contributed by atoms with Crippen molar-refractivity contribution in [2.75, 3.05) is 18.4 Å². The van der Waals surface area contributed by atoms with Gasteiger partial charge in [0.1, 0.15) is 11.5 Å². The van der Waals surface area contributed by atoms with Crippen LogP contribution in [0.2, 0.25) is 0 Å². The summed E-state index contributed by atoms with van der Waals surface area (Å²) in [5.41, 5.74) is 5.97. The molecule has 0 fully saturated rings. The van der Waals surface area contributed by atoms with Crippen molar-refractivity contribution < 1.29 is 27.5 Å². The fraction of sp³-hybridized carbons (Fsp3) is 0.120. The highest BCUT2D eigenvalue weighted by molar-refractivity contribution is 7.92. The van der Waals surface area contributed by atoms with Crippen molar-refractivity contribution in [3.05, 3.63) is 90.0 Å². The predicted octanol–water partition coefficient (Wildman–Crippen LogP) is 3.37. The summed E-state index contributed by atoms with van der Waals surface area (Å²) in [5, 5.41) is 0. The molecule has 0 heterocycles. The Balaban J connectivity index is 1.53. The smallest absolute Gasteiger partial charge is 0.269 e. The Morgan fingerprint density at radius 1 is 0.857 bits per heavy atom. The Hall–Kier alpha value is -4.31. The second-order valence-electron chi connectivity index (χ2n) is 7.14. The summed E-state index contributed by atoms with van der Waals surface area (Å²) in [6.07, 6.45) is 2.71. The summed E-state index contributed by atoms with van der Waals surface area (Å²) in [4.78, 5) is 24.2. The van der Waals surface area contributed by atoms with Crippen LogP contribution in [0.25, 0.3) is 6.08 Å². The molecule has 0 aliphatic rings. The monoisotopic (exact) mass is 495 g/mol. The normalized spacial score (nSPS) is 11.0. The molecule has 2 amide bonds. The van der Waals surface area contributed by atoms with Gasteiger partial charge in [-0.05, 0) is 79.2 Å². The number of ether oxygens (including phenoxy) is 2. The number of amides is 2. The lowest BCUT2D eigenvalue weighted by molar-refractivity contribution is -0.117. The maximum Gasteiger partial charge on any atom is 0.269 e. The standard InChI is InChI=1S/C25H25N3O6S/c1-3-34-22-11-7-19(8-12-22)25(30)27-26-24(29)17-6-18-4-15-23(16-5-18)35(31,32)28-20-9-13-21(33-2)14-10-20/h4-17,28H,3H2,1-2H3,(H,26,29)(H,27,30)/b17-6+. The number of methoxy groups -OCH3 is 1. The third kappa shape index (κ3) is 7.34. The summed E-state index contributed by atoms with van der Waals surface area (Å²) in [6, 6.07) is 19.0. The van der Waals surface area contributed by atoms with Crippen LogP contribution in [-0.4, -0.2) is 33.9 Å². The molecule has 0 unspecified atom stereocenters. The van der Waals surface area contributed by atoms with Gasteiger partial charge in [0.2, 0.25) is 0 Å². The first kappa shape index (κ1) is 25.3. The quantitative estimate of drug-likeness (QED) is 0.309. The van der Waals surface area contributed by atoms with E-state index in [1.165, 1.54) is 31.4 Å². The zero-order chi connectivity index (χ0) is 25.3. The molecule has 0 radical (unpaired) electrons. The van der Waals surface area contributed by atoms with Gasteiger partial charge in [-0.1, -0.05) is 12.1 Å². The molecule has 3 rings (SSSR count). The molecular weight excluding hydrogens is 470 g/mol. The van der Waals surface area contributed by atoms with Crippen LogP contribution < -0.4 is 25.0 Å². The van der Waals surface area contributed by atoms with Gasteiger partial charge in [-0.15, -0.1) is 0 Å². The van der Waals surface area contributed by atoms with Crippen molar-refractivity contribution in [2.24, 2.45) is 0 Å². The molecule has 0 aliphatic carbocycles. The zero-order valence-corrected chi connectivity index (χ0v) is 20.0. The Labute approximate surface area is 203 Å². The van der Waals surface area contributed by atoms with E-state index >= 15 is 0 Å². The molecule has 10 heteroatoms. The number of benzene rings is 3. The number of carbonyl (C=O) groups excluding carboxylic acids is 2. The Morgan fingerprint density at radius 2 is 1.49 bits per heavy atom. The highest BCUT2D eigenvalue weighted by atomic mass is 32.2. The number of rotatable bonds is 9. The molecule has 0 spiro atoms. The zero-order valence-electron chi connectivity index (χ0n) is 19.1. The lowest BCUT2D eigenvalue weighted by Gasteiger charge is -2.09. The van der Waals surface area contributed by atoms with E-state index in [1.807, 2.05) is 6.92 Å². The summed E-state index contributed by atoms with van der Waals surface area (Å²) >= 11 is 0. The fourth-order valence-electron chi connectivity index (χ4n) is 2.90. The molecule has 0 aliphatic heterocycles. The average molecular weight is 496 g/mol. The maximum atomic E-state index is 12.6. The minimum Gasteiger partial charge on any atom is -0.497 e. The highest BCUT2D eigenvalue weighted by Gasteiger charge is 2.14. The van der Waals surface area contributed by atoms with Gasteiger partial charge in [-0.3, -0.25) is 25.2 Å². The van der Waals surface area contributed by atoms with Crippen LogP contribution in [-0.2, 0) is 14.8 Å². The molecule has 0 bridgehead atoms. The SMILES string of the molecule is CCOc1ccc(C(=O)NNC(=O)/C=C/c2ccc(S(=O)(=O)Nc3ccc(OC)cc3)cc2)cc1. The lowest BCUT2D eigenvalue weighted by Crippen LogP contribution is -2.40. The number of nitrogens with one attached hydrogen (secondary N) is 3. The van der Waals surface area contributed by atoms with Gasteiger partial charge in [-0.2, -0.15) is 0 Å². The molecule has 0 aromatic heterocycles. The third-order valence-corrected chi connectivity index (χ3v) is 6.08. The Bertz CT molecular complexity index is 1290. The van der Waals surface area contributed by atoms with Crippen molar-refractivity contribution in [2.45, 2.75) is 11.8 Å². The van der Waals surface area contributed by atoms with E-state index in [4.69, 9.17) is 9.47 Å². The first-order chi connectivity index (χ1) is 16.8. The van der Waals surface area contributed by atoms with Crippen LogP contribution in [0, 0.1) is 0 Å². The fourth-order valence-corrected chi connectivity index (χ4v) is 3.96. The largest absolute Gasteiger partial charge is 0.497 e. The number of hydrogen-bond acceptors (Lipinski definition) is 6. The molecule has 3 aromatic carbocycles. The first-order valence-corrected chi connectivity index (χ1v) is 12.1. The van der Waals surface area contributed by atoms with Gasteiger partial charge in [0, 0.05) is 17.3 Å². The van der Waals surface area contributed by atoms with Crippen LogP contribution in [0.3, 0.4) is 0 Å². The van der Waals surface area contributed by atoms with E-state index in [0.29, 0.717) is 34.9 Å². The number of hydrogen-bond donors (Lipinski definition) is 3. The molecule has 35 heavy (non-hydrogen) atoms. The van der Waals surface area contributed by atoms with Gasteiger partial charge < -0.3 is 9.47 Å². The number of sulfonamides is 1. The van der Waals surface area contributed by atoms with Crippen molar-refractivity contribution in [1.29, 1.82) is 0 Å². The van der Waals surface area contributed by atoms with Gasteiger partial charge in [0.05, 0.1) is 18.6 Å². The topological polar surface area (TPSA) is 123 Å². The molecule has 0 atom stereocenters. The van der Waals surface area contributed by atoms with Crippen LogP contribution >= 0.6 is 0 Å². The summed E-state index contributed by atoms with van der Waals surface area (Å²) in [6.45, 7) is 2.38. The van der Waals surface area contributed by atoms with Crippen LogP contribution in [0.1, 0.15) is 22.8 Å². The molecular formula is C25H25N3O6S. The Morgan fingerprint density at radius 3 is 2.09 bits per heavy atom. The lowest BCUT2D eigenvalue weighted by atomic mass is 10.2. The predicted molar refractivity (Wildman–Crippen MR) is 132 cm³/mol. The van der Waals surface area contributed by atoms with E-state index in [-0.39, 0.29) is 4.90 Å². The second-order valence-corrected chi connectivity index (χ2v) is 8.82. The van der Waals surface area contributed by atoms with Crippen LogP contribution in [0.4, 0.5) is 5.69 Å². The molecule has 0 saturated carbocycles. The minimum atomic E-state index is -3.78. The van der Waals surface area contributed by atoms with E-state index in [9.17, 15) is 18.0 Å². The first-order valence-electron chi connectivity index (χ1n) is 10.6. The van der Waals surface area contributed by atoms with Crippen LogP contribution in [0.5, 0.6) is 11.5 Å². The van der Waals surface area contributed by atoms with Gasteiger partial charge in [0.15, 0.2) is 0 Å². The average Bonchev–Trinajstić information content (AvgIpc) is 2.87. The highest BCUT2D eigenvalue weighted by Crippen LogP contribution is 2.20. The molecule has 182 valence electrons. The summed E-state index contributed by atoms with van der Waals surface area (Å²) in [7, 11) is -2.26. The molecule has 3 aromatic rings. The molecule has 3 N–H and O–H groups in total. The van der Waals surface area contributed by atoms with Crippen molar-refractivity contribution >= 4 is 33.6 Å². The maximum absolute atomic E-state index is 12.6. The molecule has 0 saturated heterocycles. The Kier molecular flexibility index (Phi) is 8.47. The van der Waals surface area contributed by atoms with E-state index in [1.54, 1.807) is 60.7 Å². The number of carbonyl (C=O) groups is 2. The number of anilines is 1. The van der Waals surface area contributed by atoms with E-state index < -0.39 is 21.8 Å².